The molecule has 0 unspecified atom stereocenters. The lowest BCUT2D eigenvalue weighted by atomic mass is 10.1. The Balaban J connectivity index is 2.07. The van der Waals surface area contributed by atoms with E-state index in [9.17, 15) is 19.7 Å². The first-order valence-electron chi connectivity index (χ1n) is 6.47. The Labute approximate surface area is 129 Å². The first-order valence-corrected chi connectivity index (χ1v) is 7.35. The van der Waals surface area contributed by atoms with Gasteiger partial charge in [0, 0.05) is 23.2 Å². The third kappa shape index (κ3) is 3.59. The van der Waals surface area contributed by atoms with Gasteiger partial charge in [-0.15, -0.1) is 0 Å². The van der Waals surface area contributed by atoms with E-state index < -0.39 is 17.0 Å². The summed E-state index contributed by atoms with van der Waals surface area (Å²) in [5, 5.41) is 12.4. The van der Waals surface area contributed by atoms with Crippen LogP contribution in [0.1, 0.15) is 24.3 Å². The molecule has 7 nitrogen and oxygen atoms in total. The second kappa shape index (κ2) is 6.52. The van der Waals surface area contributed by atoms with Crippen LogP contribution in [0, 0.1) is 17.0 Å². The molecular weight excluding hydrogens is 308 g/mol. The van der Waals surface area contributed by atoms with Gasteiger partial charge in [0.15, 0.2) is 0 Å². The third-order valence-corrected chi connectivity index (χ3v) is 4.00. The van der Waals surface area contributed by atoms with Crippen LogP contribution in [0.2, 0.25) is 0 Å². The molecule has 0 aliphatic rings. The lowest BCUT2D eigenvalue weighted by Crippen LogP contribution is -2.23. The maximum absolute atomic E-state index is 11.9. The summed E-state index contributed by atoms with van der Waals surface area (Å²) in [5.41, 5.74) is 1.15. The van der Waals surface area contributed by atoms with Crippen molar-refractivity contribution < 1.29 is 14.5 Å². The molecule has 1 aromatic carbocycles. The van der Waals surface area contributed by atoms with Crippen LogP contribution in [0.25, 0.3) is 0 Å². The molecule has 1 aromatic heterocycles. The largest absolute Gasteiger partial charge is 0.456 e. The summed E-state index contributed by atoms with van der Waals surface area (Å²) < 4.78 is 6.56. The molecule has 0 spiro atoms. The van der Waals surface area contributed by atoms with Crippen molar-refractivity contribution in [2.45, 2.75) is 26.5 Å². The van der Waals surface area contributed by atoms with Gasteiger partial charge in [0.2, 0.25) is 0 Å². The van der Waals surface area contributed by atoms with Crippen LogP contribution in [-0.4, -0.2) is 15.5 Å². The van der Waals surface area contributed by atoms with Crippen molar-refractivity contribution in [3.05, 3.63) is 60.7 Å². The highest BCUT2D eigenvalue weighted by Gasteiger charge is 2.16. The maximum Gasteiger partial charge on any atom is 0.326 e. The summed E-state index contributed by atoms with van der Waals surface area (Å²) in [4.78, 5) is 33.5. The van der Waals surface area contributed by atoms with Crippen molar-refractivity contribution in [2.75, 3.05) is 0 Å². The van der Waals surface area contributed by atoms with E-state index in [0.717, 1.165) is 11.3 Å². The summed E-state index contributed by atoms with van der Waals surface area (Å²) in [6.07, 6.45) is -0.637. The number of nitro benzene ring substituents is 1. The van der Waals surface area contributed by atoms with Crippen LogP contribution >= 0.6 is 11.3 Å². The van der Waals surface area contributed by atoms with E-state index in [2.05, 4.69) is 0 Å². The van der Waals surface area contributed by atoms with Crippen LogP contribution in [-0.2, 0) is 16.1 Å². The molecule has 0 saturated carbocycles. The molecule has 1 heterocycles. The molecule has 0 aliphatic heterocycles. The molecule has 1 atom stereocenters. The van der Waals surface area contributed by atoms with Crippen molar-refractivity contribution in [1.82, 2.24) is 4.57 Å². The normalized spacial score (nSPS) is 11.9. The summed E-state index contributed by atoms with van der Waals surface area (Å²) in [7, 11) is 0. The number of aromatic nitrogens is 1. The predicted octanol–water partition coefficient (Wildman–Crippen LogP) is 2.43. The minimum absolute atomic E-state index is 0.0645. The molecule has 0 saturated heterocycles. The smallest absolute Gasteiger partial charge is 0.326 e. The van der Waals surface area contributed by atoms with Crippen molar-refractivity contribution in [2.24, 2.45) is 0 Å². The second-order valence-electron chi connectivity index (χ2n) is 4.71. The molecule has 0 aliphatic carbocycles. The van der Waals surface area contributed by atoms with Crippen molar-refractivity contribution in [3.8, 4) is 0 Å². The fourth-order valence-electron chi connectivity index (χ4n) is 1.92. The molecule has 0 radical (unpaired) electrons. The Bertz CT molecular complexity index is 765. The highest BCUT2D eigenvalue weighted by atomic mass is 32.1. The van der Waals surface area contributed by atoms with Crippen molar-refractivity contribution >= 4 is 23.0 Å². The van der Waals surface area contributed by atoms with Crippen LogP contribution in [0.15, 0.2) is 34.4 Å². The number of non-ortho nitro benzene ring substituents is 1. The topological polar surface area (TPSA) is 91.4 Å². The van der Waals surface area contributed by atoms with Gasteiger partial charge in [-0.05, 0) is 19.4 Å². The highest BCUT2D eigenvalue weighted by molar-refractivity contribution is 7.07. The van der Waals surface area contributed by atoms with Crippen LogP contribution < -0.4 is 4.87 Å². The van der Waals surface area contributed by atoms with Crippen molar-refractivity contribution in [3.63, 3.8) is 0 Å². The Morgan fingerprint density at radius 2 is 2.23 bits per heavy atom. The van der Waals surface area contributed by atoms with Gasteiger partial charge in [0.1, 0.15) is 12.6 Å². The van der Waals surface area contributed by atoms with Gasteiger partial charge in [-0.3, -0.25) is 24.3 Å². The molecule has 22 heavy (non-hydrogen) atoms. The number of aryl methyl sites for hydroxylation is 1. The number of nitrogens with zero attached hydrogens (tertiary/aromatic N) is 2. The summed E-state index contributed by atoms with van der Waals surface area (Å²) in [6, 6.07) is 5.91. The minimum Gasteiger partial charge on any atom is -0.456 e. The molecular formula is C14H14N2O5S. The van der Waals surface area contributed by atoms with Gasteiger partial charge >= 0.3 is 10.8 Å². The van der Waals surface area contributed by atoms with Gasteiger partial charge < -0.3 is 4.74 Å². The molecule has 0 N–H and O–H groups in total. The average molecular weight is 322 g/mol. The number of hydrogen-bond acceptors (Lipinski definition) is 6. The Morgan fingerprint density at radius 3 is 2.82 bits per heavy atom. The summed E-state index contributed by atoms with van der Waals surface area (Å²) in [6.45, 7) is 3.18. The standard InChI is InChI=1S/C14H14N2O5S/c1-9-8-22-14(18)15(9)7-13(17)21-10(2)11-4-3-5-12(6-11)16(19)20/h3-6,8,10H,7H2,1-2H3/t10-/m1/s1. The molecule has 0 amide bonds. The van der Waals surface area contributed by atoms with E-state index in [1.807, 2.05) is 0 Å². The molecule has 2 aromatic rings. The maximum atomic E-state index is 11.9. The summed E-state index contributed by atoms with van der Waals surface area (Å²) in [5.74, 6) is -0.567. The Morgan fingerprint density at radius 1 is 1.50 bits per heavy atom. The first-order chi connectivity index (χ1) is 10.4. The van der Waals surface area contributed by atoms with Gasteiger partial charge in [-0.2, -0.15) is 0 Å². The number of nitro groups is 1. The van der Waals surface area contributed by atoms with Gasteiger partial charge in [-0.1, -0.05) is 23.5 Å². The fraction of sp³-hybridized carbons (Fsp3) is 0.286. The first kappa shape index (κ1) is 15.9. The SMILES string of the molecule is Cc1csc(=O)n1CC(=O)O[C@H](C)c1cccc([N+](=O)[O-])c1. The monoisotopic (exact) mass is 322 g/mol. The van der Waals surface area contributed by atoms with Crippen LogP contribution in [0.3, 0.4) is 0 Å². The number of esters is 1. The number of rotatable bonds is 5. The zero-order chi connectivity index (χ0) is 16.3. The number of carbonyl (C=O) groups excluding carboxylic acids is 1. The van der Waals surface area contributed by atoms with E-state index in [0.29, 0.717) is 11.3 Å². The fourth-order valence-corrected chi connectivity index (χ4v) is 2.65. The quantitative estimate of drug-likeness (QED) is 0.479. The lowest BCUT2D eigenvalue weighted by molar-refractivity contribution is -0.385. The predicted molar refractivity (Wildman–Crippen MR) is 80.9 cm³/mol. The second-order valence-corrected chi connectivity index (χ2v) is 5.53. The van der Waals surface area contributed by atoms with E-state index >= 15 is 0 Å². The van der Waals surface area contributed by atoms with Gasteiger partial charge in [0.25, 0.3) is 5.69 Å². The summed E-state index contributed by atoms with van der Waals surface area (Å²) >= 11 is 1.02. The molecule has 0 bridgehead atoms. The molecule has 116 valence electrons. The van der Waals surface area contributed by atoms with E-state index in [1.54, 1.807) is 25.3 Å². The Kier molecular flexibility index (Phi) is 4.71. The number of ether oxygens (including phenoxy) is 1. The molecule has 8 heteroatoms. The number of hydrogen-bond donors (Lipinski definition) is 0. The average Bonchev–Trinajstić information content (AvgIpc) is 2.79. The molecule has 2 rings (SSSR count). The third-order valence-electron chi connectivity index (χ3n) is 3.12. The van der Waals surface area contributed by atoms with E-state index in [4.69, 9.17) is 4.74 Å². The van der Waals surface area contributed by atoms with Gasteiger partial charge in [-0.25, -0.2) is 0 Å². The van der Waals surface area contributed by atoms with Crippen molar-refractivity contribution in [1.29, 1.82) is 0 Å². The Hall–Kier alpha value is -2.48. The number of carbonyl (C=O) groups is 1. The molecule has 0 fully saturated rings. The zero-order valence-electron chi connectivity index (χ0n) is 12.0. The lowest BCUT2D eigenvalue weighted by Gasteiger charge is -2.14. The highest BCUT2D eigenvalue weighted by Crippen LogP contribution is 2.21. The minimum atomic E-state index is -0.637. The number of benzene rings is 1. The van der Waals surface area contributed by atoms with E-state index in [-0.39, 0.29) is 17.1 Å². The van der Waals surface area contributed by atoms with Gasteiger partial charge in [0.05, 0.1) is 4.92 Å². The zero-order valence-corrected chi connectivity index (χ0v) is 12.8. The van der Waals surface area contributed by atoms with Crippen LogP contribution in [0.4, 0.5) is 5.69 Å². The number of thiazole rings is 1. The van der Waals surface area contributed by atoms with Crippen LogP contribution in [0.5, 0.6) is 0 Å². The van der Waals surface area contributed by atoms with E-state index in [1.165, 1.54) is 22.8 Å².